The number of primary amides is 1. The Kier molecular flexibility index (Phi) is 6.26. The Morgan fingerprint density at radius 3 is 2.31 bits per heavy atom. The van der Waals surface area contributed by atoms with E-state index in [0.29, 0.717) is 29.5 Å². The lowest BCUT2D eigenvalue weighted by molar-refractivity contribution is 0.0681. The number of anilines is 2. The van der Waals surface area contributed by atoms with E-state index in [1.54, 1.807) is 7.11 Å². The summed E-state index contributed by atoms with van der Waals surface area (Å²) in [6.07, 6.45) is 9.83. The van der Waals surface area contributed by atoms with Crippen LogP contribution in [0.3, 0.4) is 0 Å². The molecule has 8 heteroatoms. The number of ether oxygens (including phenoxy) is 1. The van der Waals surface area contributed by atoms with E-state index in [0.717, 1.165) is 51.4 Å². The van der Waals surface area contributed by atoms with Gasteiger partial charge in [-0.05, 0) is 51.4 Å². The Morgan fingerprint density at radius 1 is 1.08 bits per heavy atom. The molecule has 0 bridgehead atoms. The second-order valence-electron chi connectivity index (χ2n) is 7.43. The molecule has 2 aliphatic rings. The Labute approximate surface area is 154 Å². The fourth-order valence-corrected chi connectivity index (χ4v) is 3.82. The maximum absolute atomic E-state index is 11.7. The summed E-state index contributed by atoms with van der Waals surface area (Å²) in [5, 5.41) is 6.76. The van der Waals surface area contributed by atoms with Crippen molar-refractivity contribution in [2.75, 3.05) is 17.7 Å². The zero-order chi connectivity index (χ0) is 18.5. The summed E-state index contributed by atoms with van der Waals surface area (Å²) in [5.41, 5.74) is 11.8. The first kappa shape index (κ1) is 18.8. The predicted molar refractivity (Wildman–Crippen MR) is 101 cm³/mol. The molecular formula is C18H30N6O2. The van der Waals surface area contributed by atoms with Crippen molar-refractivity contribution in [3.63, 3.8) is 0 Å². The minimum absolute atomic E-state index is 0.257. The van der Waals surface area contributed by atoms with E-state index in [2.05, 4.69) is 20.6 Å². The van der Waals surface area contributed by atoms with E-state index in [9.17, 15) is 4.79 Å². The quantitative estimate of drug-likeness (QED) is 0.605. The highest BCUT2D eigenvalue weighted by atomic mass is 16.5. The first-order valence-electron chi connectivity index (χ1n) is 9.53. The van der Waals surface area contributed by atoms with Gasteiger partial charge in [0.25, 0.3) is 5.91 Å². The molecule has 3 rings (SSSR count). The number of rotatable bonds is 6. The molecule has 2 saturated carbocycles. The van der Waals surface area contributed by atoms with Crippen LogP contribution in [0.25, 0.3) is 0 Å². The van der Waals surface area contributed by atoms with Gasteiger partial charge in [0.1, 0.15) is 5.82 Å². The summed E-state index contributed by atoms with van der Waals surface area (Å²) in [7, 11) is 1.76. The third kappa shape index (κ3) is 4.82. The third-order valence-corrected chi connectivity index (χ3v) is 5.51. The van der Waals surface area contributed by atoms with Gasteiger partial charge in [0.05, 0.1) is 11.7 Å². The van der Waals surface area contributed by atoms with E-state index < -0.39 is 5.91 Å². The van der Waals surface area contributed by atoms with Crippen molar-refractivity contribution < 1.29 is 9.53 Å². The van der Waals surface area contributed by atoms with Crippen LogP contribution >= 0.6 is 0 Å². The van der Waals surface area contributed by atoms with Crippen molar-refractivity contribution in [2.24, 2.45) is 11.5 Å². The van der Waals surface area contributed by atoms with Gasteiger partial charge in [-0.25, -0.2) is 4.98 Å². The van der Waals surface area contributed by atoms with Gasteiger partial charge < -0.3 is 26.8 Å². The highest BCUT2D eigenvalue weighted by Crippen LogP contribution is 2.25. The van der Waals surface area contributed by atoms with Gasteiger partial charge in [-0.3, -0.25) is 4.79 Å². The number of amides is 1. The van der Waals surface area contributed by atoms with Crippen LogP contribution in [0.15, 0.2) is 6.20 Å². The number of hydrogen-bond acceptors (Lipinski definition) is 7. The Morgan fingerprint density at radius 2 is 1.69 bits per heavy atom. The highest BCUT2D eigenvalue weighted by Gasteiger charge is 2.23. The summed E-state index contributed by atoms with van der Waals surface area (Å²) in [6.45, 7) is 0. The lowest BCUT2D eigenvalue weighted by Crippen LogP contribution is -2.34. The number of aromatic nitrogens is 2. The fraction of sp³-hybridized carbons (Fsp3) is 0.722. The van der Waals surface area contributed by atoms with Crippen molar-refractivity contribution in [1.29, 1.82) is 0 Å². The molecule has 1 amide bonds. The van der Waals surface area contributed by atoms with Gasteiger partial charge in [-0.1, -0.05) is 0 Å². The van der Waals surface area contributed by atoms with Gasteiger partial charge >= 0.3 is 0 Å². The maximum atomic E-state index is 11.7. The Bertz CT molecular complexity index is 610. The highest BCUT2D eigenvalue weighted by molar-refractivity contribution is 5.97. The van der Waals surface area contributed by atoms with E-state index in [1.165, 1.54) is 6.20 Å². The van der Waals surface area contributed by atoms with Crippen LogP contribution in [-0.4, -0.2) is 47.2 Å². The zero-order valence-electron chi connectivity index (χ0n) is 15.4. The molecule has 2 aliphatic carbocycles. The molecule has 1 heterocycles. The number of hydrogen-bond donors (Lipinski definition) is 4. The summed E-state index contributed by atoms with van der Waals surface area (Å²) >= 11 is 0. The van der Waals surface area contributed by atoms with Gasteiger partial charge in [-0.2, -0.15) is 4.98 Å². The van der Waals surface area contributed by atoms with Crippen LogP contribution in [0.5, 0.6) is 0 Å². The molecule has 26 heavy (non-hydrogen) atoms. The van der Waals surface area contributed by atoms with Crippen LogP contribution in [-0.2, 0) is 4.74 Å². The largest absolute Gasteiger partial charge is 0.381 e. The minimum atomic E-state index is -0.521. The molecule has 6 N–H and O–H groups in total. The number of carbonyl (C=O) groups is 1. The first-order valence-corrected chi connectivity index (χ1v) is 9.53. The normalized spacial score (nSPS) is 29.2. The smallest absolute Gasteiger partial charge is 0.254 e. The second kappa shape index (κ2) is 8.64. The summed E-state index contributed by atoms with van der Waals surface area (Å²) in [4.78, 5) is 20.6. The zero-order valence-corrected chi connectivity index (χ0v) is 15.4. The lowest BCUT2D eigenvalue weighted by atomic mass is 9.92. The van der Waals surface area contributed by atoms with Gasteiger partial charge in [0.2, 0.25) is 5.95 Å². The molecule has 0 atom stereocenters. The molecule has 8 nitrogen and oxygen atoms in total. The molecular weight excluding hydrogens is 332 g/mol. The number of nitrogens with zero attached hydrogens (tertiary/aromatic N) is 2. The van der Waals surface area contributed by atoms with Crippen LogP contribution < -0.4 is 22.1 Å². The second-order valence-corrected chi connectivity index (χ2v) is 7.43. The molecule has 0 unspecified atom stereocenters. The molecule has 1 aromatic rings. The monoisotopic (exact) mass is 362 g/mol. The van der Waals surface area contributed by atoms with Gasteiger partial charge in [-0.15, -0.1) is 0 Å². The average molecular weight is 362 g/mol. The van der Waals surface area contributed by atoms with Crippen molar-refractivity contribution >= 4 is 17.7 Å². The van der Waals surface area contributed by atoms with E-state index in [4.69, 9.17) is 16.2 Å². The molecule has 1 aromatic heterocycles. The molecule has 144 valence electrons. The SMILES string of the molecule is CO[C@H]1CC[C@H](Nc2ncc(C(N)=O)c(N[C@H]3CC[C@H](N)CC3)n2)CC1. The van der Waals surface area contributed by atoms with Crippen LogP contribution in [0.4, 0.5) is 11.8 Å². The number of nitrogens with two attached hydrogens (primary N) is 2. The van der Waals surface area contributed by atoms with E-state index >= 15 is 0 Å². The number of carbonyl (C=O) groups excluding carboxylic acids is 1. The lowest BCUT2D eigenvalue weighted by Gasteiger charge is -2.29. The minimum Gasteiger partial charge on any atom is -0.381 e. The van der Waals surface area contributed by atoms with Crippen molar-refractivity contribution in [3.05, 3.63) is 11.8 Å². The third-order valence-electron chi connectivity index (χ3n) is 5.51. The molecule has 2 fully saturated rings. The summed E-state index contributed by atoms with van der Waals surface area (Å²) in [6, 6.07) is 0.850. The standard InChI is InChI=1S/C18H30N6O2/c1-26-14-8-6-13(7-9-14)23-18-21-10-15(16(20)25)17(24-18)22-12-4-2-11(19)3-5-12/h10-14H,2-9,19H2,1H3,(H2,20,25)(H2,21,22,23,24)/t11-,12-,13-,14-. The van der Waals surface area contributed by atoms with Crippen LogP contribution in [0.2, 0.25) is 0 Å². The van der Waals surface area contributed by atoms with Crippen LogP contribution in [0.1, 0.15) is 61.7 Å². The maximum Gasteiger partial charge on any atom is 0.254 e. The topological polar surface area (TPSA) is 128 Å². The van der Waals surface area contributed by atoms with E-state index in [1.807, 2.05) is 0 Å². The van der Waals surface area contributed by atoms with Gasteiger partial charge in [0, 0.05) is 31.4 Å². The van der Waals surface area contributed by atoms with Crippen LogP contribution in [0, 0.1) is 0 Å². The first-order chi connectivity index (χ1) is 12.5. The molecule has 0 aromatic carbocycles. The molecule has 0 radical (unpaired) electrons. The summed E-state index contributed by atoms with van der Waals surface area (Å²) in [5.74, 6) is 0.527. The van der Waals surface area contributed by atoms with Crippen molar-refractivity contribution in [1.82, 2.24) is 9.97 Å². The number of nitrogens with one attached hydrogen (secondary N) is 2. The molecule has 0 saturated heterocycles. The molecule has 0 spiro atoms. The van der Waals surface area contributed by atoms with Gasteiger partial charge in [0.15, 0.2) is 0 Å². The Hall–Kier alpha value is -1.93. The average Bonchev–Trinajstić information content (AvgIpc) is 2.64. The number of methoxy groups -OCH3 is 1. The van der Waals surface area contributed by atoms with Crippen molar-refractivity contribution in [2.45, 2.75) is 75.6 Å². The fourth-order valence-electron chi connectivity index (χ4n) is 3.82. The van der Waals surface area contributed by atoms with Crippen molar-refractivity contribution in [3.8, 4) is 0 Å². The predicted octanol–water partition coefficient (Wildman–Crippen LogP) is 1.63. The van der Waals surface area contributed by atoms with E-state index in [-0.39, 0.29) is 12.1 Å². The molecule has 0 aliphatic heterocycles. The Balaban J connectivity index is 1.67. The summed E-state index contributed by atoms with van der Waals surface area (Å²) < 4.78 is 5.41.